The molecule has 2 aliphatic heterocycles. The van der Waals surface area contributed by atoms with Gasteiger partial charge in [0, 0.05) is 60.8 Å². The smallest absolute Gasteiger partial charge is 0.121 e. The molecule has 3 aromatic heterocycles. The molecule has 5 heterocycles. The zero-order valence-electron chi connectivity index (χ0n) is 20.2. The number of morpholine rings is 1. The normalized spacial score (nSPS) is 16.0. The standard InChI is InChI=1S/C28H31N5O2/c1-20-5-2-6-24(30-20)28-27(26-7-3-13-33(26)31-28)23-10-11-29-25-19-21(8-9-22(23)25)35-16-4-12-32-14-17-34-18-15-32/h2,5-6,8-11,19H,3-4,7,12-18H2,1H3. The molecule has 0 unspecified atom stereocenters. The van der Waals surface area contributed by atoms with Crippen LogP contribution in [0.15, 0.2) is 48.7 Å². The van der Waals surface area contributed by atoms with Gasteiger partial charge in [-0.1, -0.05) is 6.07 Å². The number of pyridine rings is 2. The van der Waals surface area contributed by atoms with Crippen LogP contribution in [0.3, 0.4) is 0 Å². The van der Waals surface area contributed by atoms with Gasteiger partial charge in [-0.25, -0.2) is 0 Å². The average molecular weight is 470 g/mol. The highest BCUT2D eigenvalue weighted by molar-refractivity contribution is 5.99. The van der Waals surface area contributed by atoms with Crippen molar-refractivity contribution < 1.29 is 9.47 Å². The molecule has 0 spiro atoms. The lowest BCUT2D eigenvalue weighted by Gasteiger charge is -2.26. The van der Waals surface area contributed by atoms with Crippen LogP contribution in [0, 0.1) is 6.92 Å². The predicted octanol–water partition coefficient (Wildman–Crippen LogP) is 4.52. The average Bonchev–Trinajstić information content (AvgIpc) is 3.48. The quantitative estimate of drug-likeness (QED) is 0.371. The fourth-order valence-electron chi connectivity index (χ4n) is 5.21. The molecule has 1 fully saturated rings. The molecule has 1 saturated heterocycles. The largest absolute Gasteiger partial charge is 0.493 e. The first-order valence-corrected chi connectivity index (χ1v) is 12.6. The summed E-state index contributed by atoms with van der Waals surface area (Å²) in [6.07, 6.45) is 5.05. The highest BCUT2D eigenvalue weighted by Crippen LogP contribution is 2.40. The number of benzene rings is 1. The topological polar surface area (TPSA) is 65.3 Å². The zero-order chi connectivity index (χ0) is 23.6. The van der Waals surface area contributed by atoms with E-state index in [1.165, 1.54) is 11.3 Å². The number of nitrogens with zero attached hydrogens (tertiary/aromatic N) is 5. The Morgan fingerprint density at radius 3 is 2.86 bits per heavy atom. The van der Waals surface area contributed by atoms with Gasteiger partial charge in [-0.15, -0.1) is 0 Å². The van der Waals surface area contributed by atoms with Gasteiger partial charge in [0.05, 0.1) is 31.0 Å². The van der Waals surface area contributed by atoms with Crippen molar-refractivity contribution in [1.82, 2.24) is 24.6 Å². The minimum absolute atomic E-state index is 0.697. The van der Waals surface area contributed by atoms with Crippen molar-refractivity contribution in [2.45, 2.75) is 32.7 Å². The van der Waals surface area contributed by atoms with Crippen molar-refractivity contribution in [3.8, 4) is 28.3 Å². The Morgan fingerprint density at radius 2 is 1.97 bits per heavy atom. The van der Waals surface area contributed by atoms with Crippen LogP contribution in [-0.4, -0.2) is 64.1 Å². The molecule has 0 radical (unpaired) electrons. The van der Waals surface area contributed by atoms with Gasteiger partial charge >= 0.3 is 0 Å². The van der Waals surface area contributed by atoms with Crippen molar-refractivity contribution in [3.63, 3.8) is 0 Å². The van der Waals surface area contributed by atoms with Crippen molar-refractivity contribution >= 4 is 10.9 Å². The van der Waals surface area contributed by atoms with E-state index in [-0.39, 0.29) is 0 Å². The molecule has 4 aromatic rings. The number of ether oxygens (including phenoxy) is 2. The van der Waals surface area contributed by atoms with Crippen LogP contribution in [0.4, 0.5) is 0 Å². The number of aryl methyl sites for hydroxylation is 2. The van der Waals surface area contributed by atoms with E-state index in [1.54, 1.807) is 0 Å². The number of aromatic nitrogens is 4. The maximum Gasteiger partial charge on any atom is 0.121 e. The van der Waals surface area contributed by atoms with Crippen LogP contribution in [0.25, 0.3) is 33.4 Å². The molecule has 6 rings (SSSR count). The summed E-state index contributed by atoms with van der Waals surface area (Å²) in [5.41, 5.74) is 7.46. The summed E-state index contributed by atoms with van der Waals surface area (Å²) >= 11 is 0. The molecule has 35 heavy (non-hydrogen) atoms. The summed E-state index contributed by atoms with van der Waals surface area (Å²) in [6.45, 7) is 8.42. The zero-order valence-corrected chi connectivity index (χ0v) is 20.2. The third-order valence-corrected chi connectivity index (χ3v) is 6.95. The second kappa shape index (κ2) is 9.76. The third kappa shape index (κ3) is 4.54. The molecule has 7 nitrogen and oxygen atoms in total. The van der Waals surface area contributed by atoms with E-state index in [4.69, 9.17) is 19.6 Å². The monoisotopic (exact) mass is 469 g/mol. The van der Waals surface area contributed by atoms with Gasteiger partial charge < -0.3 is 9.47 Å². The summed E-state index contributed by atoms with van der Waals surface area (Å²) in [6, 6.07) is 14.5. The van der Waals surface area contributed by atoms with E-state index in [0.29, 0.717) is 6.61 Å². The van der Waals surface area contributed by atoms with Crippen LogP contribution in [0.2, 0.25) is 0 Å². The Kier molecular flexibility index (Phi) is 6.19. The summed E-state index contributed by atoms with van der Waals surface area (Å²) in [5, 5.41) is 6.10. The van der Waals surface area contributed by atoms with Crippen molar-refractivity contribution in [1.29, 1.82) is 0 Å². The second-order valence-corrected chi connectivity index (χ2v) is 9.35. The molecule has 1 aromatic carbocycles. The first-order chi connectivity index (χ1) is 17.3. The maximum atomic E-state index is 6.09. The van der Waals surface area contributed by atoms with Crippen LogP contribution in [-0.2, 0) is 17.7 Å². The van der Waals surface area contributed by atoms with Gasteiger partial charge in [-0.05, 0) is 62.1 Å². The molecule has 2 aliphatic rings. The van der Waals surface area contributed by atoms with E-state index in [0.717, 1.165) is 98.0 Å². The molecular weight excluding hydrogens is 438 g/mol. The summed E-state index contributed by atoms with van der Waals surface area (Å²) in [4.78, 5) is 11.9. The Balaban J connectivity index is 1.28. The highest BCUT2D eigenvalue weighted by atomic mass is 16.5. The molecule has 0 amide bonds. The lowest BCUT2D eigenvalue weighted by molar-refractivity contribution is 0.0358. The van der Waals surface area contributed by atoms with Crippen LogP contribution < -0.4 is 4.74 Å². The molecule has 0 bridgehead atoms. The fourth-order valence-corrected chi connectivity index (χ4v) is 5.21. The Hall–Kier alpha value is -3.29. The van der Waals surface area contributed by atoms with E-state index in [1.807, 2.05) is 19.2 Å². The minimum Gasteiger partial charge on any atom is -0.493 e. The predicted molar refractivity (Wildman–Crippen MR) is 137 cm³/mol. The van der Waals surface area contributed by atoms with Crippen LogP contribution in [0.5, 0.6) is 5.75 Å². The molecule has 0 atom stereocenters. The van der Waals surface area contributed by atoms with E-state index >= 15 is 0 Å². The summed E-state index contributed by atoms with van der Waals surface area (Å²) in [5.74, 6) is 0.866. The van der Waals surface area contributed by atoms with Gasteiger partial charge in [0.2, 0.25) is 0 Å². The molecule has 180 valence electrons. The third-order valence-electron chi connectivity index (χ3n) is 6.95. The number of hydrogen-bond donors (Lipinski definition) is 0. The molecule has 0 aliphatic carbocycles. The van der Waals surface area contributed by atoms with E-state index < -0.39 is 0 Å². The lowest BCUT2D eigenvalue weighted by atomic mass is 9.96. The molecule has 0 saturated carbocycles. The van der Waals surface area contributed by atoms with Crippen molar-refractivity contribution in [2.24, 2.45) is 0 Å². The van der Waals surface area contributed by atoms with E-state index in [9.17, 15) is 0 Å². The Bertz CT molecular complexity index is 1340. The van der Waals surface area contributed by atoms with Gasteiger partial charge in [0.25, 0.3) is 0 Å². The van der Waals surface area contributed by atoms with Gasteiger partial charge in [0.1, 0.15) is 11.4 Å². The maximum absolute atomic E-state index is 6.09. The molecule has 7 heteroatoms. The van der Waals surface area contributed by atoms with Gasteiger partial charge in [0.15, 0.2) is 0 Å². The lowest BCUT2D eigenvalue weighted by Crippen LogP contribution is -2.37. The summed E-state index contributed by atoms with van der Waals surface area (Å²) in [7, 11) is 0. The van der Waals surface area contributed by atoms with E-state index in [2.05, 4.69) is 51.0 Å². The highest BCUT2D eigenvalue weighted by Gasteiger charge is 2.25. The first kappa shape index (κ1) is 22.2. The van der Waals surface area contributed by atoms with Gasteiger partial charge in [-0.2, -0.15) is 5.10 Å². The summed E-state index contributed by atoms with van der Waals surface area (Å²) < 4.78 is 13.7. The SMILES string of the molecule is Cc1cccc(-c2nn3c(c2-c2ccnc4cc(OCCCN5CCOCC5)ccc24)CCC3)n1. The second-order valence-electron chi connectivity index (χ2n) is 9.35. The first-order valence-electron chi connectivity index (χ1n) is 12.6. The van der Waals surface area contributed by atoms with Crippen LogP contribution in [0.1, 0.15) is 24.2 Å². The fraction of sp³-hybridized carbons (Fsp3) is 0.393. The van der Waals surface area contributed by atoms with Crippen LogP contribution >= 0.6 is 0 Å². The Morgan fingerprint density at radius 1 is 1.06 bits per heavy atom. The minimum atomic E-state index is 0.697. The number of fused-ring (bicyclic) bond motifs is 2. The van der Waals surface area contributed by atoms with Gasteiger partial charge in [-0.3, -0.25) is 19.5 Å². The number of rotatable bonds is 7. The Labute approximate surface area is 205 Å². The molecule has 0 N–H and O–H groups in total. The number of hydrogen-bond acceptors (Lipinski definition) is 6. The van der Waals surface area contributed by atoms with Crippen molar-refractivity contribution in [3.05, 3.63) is 60.0 Å². The van der Waals surface area contributed by atoms with Crippen molar-refractivity contribution in [2.75, 3.05) is 39.5 Å². The molecular formula is C28H31N5O2.